The topological polar surface area (TPSA) is 55.6 Å². The van der Waals surface area contributed by atoms with E-state index in [1.54, 1.807) is 12.1 Å². The molecule has 1 amide bonds. The molecule has 0 bridgehead atoms. The maximum Gasteiger partial charge on any atom is 0.260 e. The molecule has 0 aliphatic carbocycles. The van der Waals surface area contributed by atoms with Crippen molar-refractivity contribution in [1.29, 1.82) is 0 Å². The minimum atomic E-state index is 0.0394. The summed E-state index contributed by atoms with van der Waals surface area (Å²) in [6, 6.07) is 7.22. The zero-order valence-corrected chi connectivity index (χ0v) is 10.1. The van der Waals surface area contributed by atoms with E-state index in [0.29, 0.717) is 17.4 Å². The second-order valence-electron chi connectivity index (χ2n) is 4.56. The molecule has 92 valence electrons. The lowest BCUT2D eigenvalue weighted by Gasteiger charge is -2.16. The van der Waals surface area contributed by atoms with E-state index in [9.17, 15) is 4.79 Å². The molecule has 0 aromatic heterocycles. The van der Waals surface area contributed by atoms with Crippen molar-refractivity contribution < 1.29 is 9.53 Å². The van der Waals surface area contributed by atoms with E-state index in [2.05, 4.69) is 6.92 Å². The summed E-state index contributed by atoms with van der Waals surface area (Å²) in [5, 5.41) is 0. The molecule has 2 N–H and O–H groups in total. The predicted octanol–water partition coefficient (Wildman–Crippen LogP) is 1.52. The number of anilines is 1. The summed E-state index contributed by atoms with van der Waals surface area (Å²) in [7, 11) is 0. The lowest BCUT2D eigenvalue weighted by atomic mass is 10.2. The molecule has 0 saturated carbocycles. The quantitative estimate of drug-likeness (QED) is 0.807. The average molecular weight is 234 g/mol. The van der Waals surface area contributed by atoms with E-state index in [0.717, 1.165) is 19.5 Å². The molecule has 17 heavy (non-hydrogen) atoms. The Kier molecular flexibility index (Phi) is 3.52. The van der Waals surface area contributed by atoms with Gasteiger partial charge in [-0.15, -0.1) is 0 Å². The van der Waals surface area contributed by atoms with Gasteiger partial charge in [-0.2, -0.15) is 0 Å². The number of carbonyl (C=O) groups excluding carboxylic acids is 1. The first-order valence-electron chi connectivity index (χ1n) is 5.92. The van der Waals surface area contributed by atoms with Crippen molar-refractivity contribution in [2.45, 2.75) is 13.3 Å². The van der Waals surface area contributed by atoms with Crippen molar-refractivity contribution in [1.82, 2.24) is 4.90 Å². The fourth-order valence-corrected chi connectivity index (χ4v) is 2.00. The number of para-hydroxylation sites is 2. The third-order valence-corrected chi connectivity index (χ3v) is 3.05. The van der Waals surface area contributed by atoms with E-state index in [4.69, 9.17) is 10.5 Å². The average Bonchev–Trinajstić information content (AvgIpc) is 2.74. The highest BCUT2D eigenvalue weighted by molar-refractivity contribution is 5.78. The molecule has 1 saturated heterocycles. The number of rotatable bonds is 3. The molecule has 1 atom stereocenters. The molecule has 4 nitrogen and oxygen atoms in total. The Morgan fingerprint density at radius 2 is 2.29 bits per heavy atom. The van der Waals surface area contributed by atoms with Gasteiger partial charge in [0.2, 0.25) is 0 Å². The monoisotopic (exact) mass is 234 g/mol. The van der Waals surface area contributed by atoms with Crippen LogP contribution in [0.2, 0.25) is 0 Å². The highest BCUT2D eigenvalue weighted by atomic mass is 16.5. The first-order valence-corrected chi connectivity index (χ1v) is 5.92. The number of likely N-dealkylation sites (tertiary alicyclic amines) is 1. The van der Waals surface area contributed by atoms with Gasteiger partial charge < -0.3 is 15.4 Å². The number of nitrogens with two attached hydrogens (primary N) is 1. The zero-order valence-electron chi connectivity index (χ0n) is 10.1. The number of amides is 1. The third kappa shape index (κ3) is 2.90. The second-order valence-corrected chi connectivity index (χ2v) is 4.56. The zero-order chi connectivity index (χ0) is 12.3. The molecular weight excluding hydrogens is 216 g/mol. The Morgan fingerprint density at radius 3 is 2.94 bits per heavy atom. The van der Waals surface area contributed by atoms with Crippen LogP contribution < -0.4 is 10.5 Å². The predicted molar refractivity (Wildman–Crippen MR) is 66.7 cm³/mol. The smallest absolute Gasteiger partial charge is 0.260 e. The minimum Gasteiger partial charge on any atom is -0.482 e. The van der Waals surface area contributed by atoms with E-state index >= 15 is 0 Å². The van der Waals surface area contributed by atoms with Gasteiger partial charge in [0.05, 0.1) is 5.69 Å². The minimum absolute atomic E-state index is 0.0394. The van der Waals surface area contributed by atoms with Crippen LogP contribution in [0.4, 0.5) is 5.69 Å². The summed E-state index contributed by atoms with van der Waals surface area (Å²) in [6.45, 7) is 3.91. The Labute approximate surface area is 101 Å². The largest absolute Gasteiger partial charge is 0.482 e. The van der Waals surface area contributed by atoms with Crippen molar-refractivity contribution in [3.63, 3.8) is 0 Å². The van der Waals surface area contributed by atoms with E-state index in [1.807, 2.05) is 17.0 Å². The molecule has 1 aliphatic heterocycles. The lowest BCUT2D eigenvalue weighted by molar-refractivity contribution is -0.132. The summed E-state index contributed by atoms with van der Waals surface area (Å²) in [4.78, 5) is 13.7. The van der Waals surface area contributed by atoms with E-state index < -0.39 is 0 Å². The van der Waals surface area contributed by atoms with Gasteiger partial charge in [0.15, 0.2) is 6.61 Å². The Balaban J connectivity index is 1.86. The number of carbonyl (C=O) groups is 1. The number of nitrogens with zero attached hydrogens (tertiary/aromatic N) is 1. The number of ether oxygens (including phenoxy) is 1. The van der Waals surface area contributed by atoms with Crippen molar-refractivity contribution in [3.05, 3.63) is 24.3 Å². The van der Waals surface area contributed by atoms with Crippen molar-refractivity contribution in [3.8, 4) is 5.75 Å². The van der Waals surface area contributed by atoms with Crippen LogP contribution in [-0.2, 0) is 4.79 Å². The van der Waals surface area contributed by atoms with Gasteiger partial charge in [0.25, 0.3) is 5.91 Å². The molecule has 1 aliphatic rings. The summed E-state index contributed by atoms with van der Waals surface area (Å²) in [5.41, 5.74) is 6.30. The molecule has 1 aromatic rings. The SMILES string of the molecule is CC1CCN(C(=O)COc2ccccc2N)C1. The maximum absolute atomic E-state index is 11.8. The fourth-order valence-electron chi connectivity index (χ4n) is 2.00. The maximum atomic E-state index is 11.8. The highest BCUT2D eigenvalue weighted by Crippen LogP contribution is 2.20. The van der Waals surface area contributed by atoms with Gasteiger partial charge >= 0.3 is 0 Å². The lowest BCUT2D eigenvalue weighted by Crippen LogP contribution is -2.32. The van der Waals surface area contributed by atoms with Crippen LogP contribution >= 0.6 is 0 Å². The Bertz CT molecular complexity index is 406. The van der Waals surface area contributed by atoms with Crippen molar-refractivity contribution >= 4 is 11.6 Å². The molecule has 1 unspecified atom stereocenters. The van der Waals surface area contributed by atoms with Crippen LogP contribution in [0.3, 0.4) is 0 Å². The molecule has 4 heteroatoms. The summed E-state index contributed by atoms with van der Waals surface area (Å²) in [5.74, 6) is 1.21. The number of hydrogen-bond acceptors (Lipinski definition) is 3. The molecule has 0 radical (unpaired) electrons. The van der Waals surface area contributed by atoms with Gasteiger partial charge in [0.1, 0.15) is 5.75 Å². The highest BCUT2D eigenvalue weighted by Gasteiger charge is 2.23. The van der Waals surface area contributed by atoms with Crippen LogP contribution in [0.5, 0.6) is 5.75 Å². The second kappa shape index (κ2) is 5.08. The van der Waals surface area contributed by atoms with Crippen molar-refractivity contribution in [2.75, 3.05) is 25.4 Å². The van der Waals surface area contributed by atoms with Gasteiger partial charge in [0, 0.05) is 13.1 Å². The van der Waals surface area contributed by atoms with Crippen molar-refractivity contribution in [2.24, 2.45) is 5.92 Å². The van der Waals surface area contributed by atoms with Crippen LogP contribution in [0.1, 0.15) is 13.3 Å². The van der Waals surface area contributed by atoms with Gasteiger partial charge in [-0.25, -0.2) is 0 Å². The number of hydrogen-bond donors (Lipinski definition) is 1. The molecule has 0 spiro atoms. The Morgan fingerprint density at radius 1 is 1.53 bits per heavy atom. The summed E-state index contributed by atoms with van der Waals surface area (Å²) in [6.07, 6.45) is 1.08. The van der Waals surface area contributed by atoms with Gasteiger partial charge in [-0.3, -0.25) is 4.79 Å². The molecule has 1 heterocycles. The normalized spacial score (nSPS) is 19.4. The third-order valence-electron chi connectivity index (χ3n) is 3.05. The first kappa shape index (κ1) is 11.8. The number of nitrogen functional groups attached to an aromatic ring is 1. The molecule has 2 rings (SSSR count). The van der Waals surface area contributed by atoms with Crippen LogP contribution in [0.15, 0.2) is 24.3 Å². The molecule has 1 aromatic carbocycles. The van der Waals surface area contributed by atoms with E-state index in [-0.39, 0.29) is 12.5 Å². The Hall–Kier alpha value is -1.71. The van der Waals surface area contributed by atoms with Crippen LogP contribution in [0, 0.1) is 5.92 Å². The fraction of sp³-hybridized carbons (Fsp3) is 0.462. The summed E-state index contributed by atoms with van der Waals surface area (Å²) >= 11 is 0. The van der Waals surface area contributed by atoms with Crippen LogP contribution in [-0.4, -0.2) is 30.5 Å². The van der Waals surface area contributed by atoms with E-state index in [1.165, 1.54) is 0 Å². The van der Waals surface area contributed by atoms with Gasteiger partial charge in [-0.05, 0) is 24.5 Å². The van der Waals surface area contributed by atoms with Crippen LogP contribution in [0.25, 0.3) is 0 Å². The molecule has 1 fully saturated rings. The number of benzene rings is 1. The van der Waals surface area contributed by atoms with Gasteiger partial charge in [-0.1, -0.05) is 19.1 Å². The standard InChI is InChI=1S/C13H18N2O2/c1-10-6-7-15(8-10)13(16)9-17-12-5-3-2-4-11(12)14/h2-5,10H,6-9,14H2,1H3. The summed E-state index contributed by atoms with van der Waals surface area (Å²) < 4.78 is 5.43. The molecular formula is C13H18N2O2. The first-order chi connectivity index (χ1) is 8.16.